The summed E-state index contributed by atoms with van der Waals surface area (Å²) in [5, 5.41) is 3.23. The van der Waals surface area contributed by atoms with Crippen molar-refractivity contribution in [3.63, 3.8) is 0 Å². The van der Waals surface area contributed by atoms with Crippen LogP contribution in [0.15, 0.2) is 22.9 Å². The standard InChI is InChI=1S/C11H17NO/c1-4-9-10(12-5-2)6-8(3)7-11(9)13/h6,12H,4-5,7H2,1-3H3. The highest BCUT2D eigenvalue weighted by atomic mass is 16.1. The van der Waals surface area contributed by atoms with Crippen molar-refractivity contribution < 1.29 is 4.79 Å². The Morgan fingerprint density at radius 3 is 2.69 bits per heavy atom. The van der Waals surface area contributed by atoms with E-state index in [1.54, 1.807) is 0 Å². The summed E-state index contributed by atoms with van der Waals surface area (Å²) in [6, 6.07) is 0. The Bertz CT molecular complexity index is 274. The lowest BCUT2D eigenvalue weighted by molar-refractivity contribution is -0.115. The quantitative estimate of drug-likeness (QED) is 0.719. The van der Waals surface area contributed by atoms with Gasteiger partial charge in [0, 0.05) is 24.2 Å². The molecule has 0 saturated carbocycles. The second-order valence-electron chi connectivity index (χ2n) is 3.37. The van der Waals surface area contributed by atoms with Gasteiger partial charge in [0.05, 0.1) is 0 Å². The van der Waals surface area contributed by atoms with Gasteiger partial charge in [0.2, 0.25) is 0 Å². The number of hydrogen-bond donors (Lipinski definition) is 1. The number of carbonyl (C=O) groups excluding carboxylic acids is 1. The molecule has 0 amide bonds. The molecule has 0 spiro atoms. The lowest BCUT2D eigenvalue weighted by Gasteiger charge is -2.17. The maximum Gasteiger partial charge on any atom is 0.164 e. The molecule has 0 atom stereocenters. The molecule has 2 nitrogen and oxygen atoms in total. The van der Waals surface area contributed by atoms with Gasteiger partial charge >= 0.3 is 0 Å². The zero-order chi connectivity index (χ0) is 9.84. The summed E-state index contributed by atoms with van der Waals surface area (Å²) < 4.78 is 0. The second kappa shape index (κ2) is 4.26. The number of nitrogens with one attached hydrogen (secondary N) is 1. The predicted molar refractivity (Wildman–Crippen MR) is 54.4 cm³/mol. The molecule has 13 heavy (non-hydrogen) atoms. The van der Waals surface area contributed by atoms with Crippen LogP contribution in [0, 0.1) is 0 Å². The van der Waals surface area contributed by atoms with Crippen LogP contribution in [0.2, 0.25) is 0 Å². The van der Waals surface area contributed by atoms with Gasteiger partial charge in [-0.15, -0.1) is 0 Å². The van der Waals surface area contributed by atoms with Gasteiger partial charge in [-0.3, -0.25) is 4.79 Å². The number of likely N-dealkylation sites (N-methyl/N-ethyl adjacent to an activating group) is 1. The summed E-state index contributed by atoms with van der Waals surface area (Å²) in [6.45, 7) is 6.94. The molecule has 0 aromatic carbocycles. The number of rotatable bonds is 3. The Morgan fingerprint density at radius 1 is 1.46 bits per heavy atom. The SMILES string of the molecule is CCNC1=C(CC)C(=O)CC(C)=C1. The van der Waals surface area contributed by atoms with Crippen LogP contribution in [0.5, 0.6) is 0 Å². The number of allylic oxidation sites excluding steroid dienone is 3. The molecule has 0 bridgehead atoms. The van der Waals surface area contributed by atoms with E-state index < -0.39 is 0 Å². The Hall–Kier alpha value is -1.05. The normalized spacial score (nSPS) is 17.5. The van der Waals surface area contributed by atoms with Crippen molar-refractivity contribution in [2.45, 2.75) is 33.6 Å². The molecule has 0 saturated heterocycles. The van der Waals surface area contributed by atoms with Crippen LogP contribution < -0.4 is 5.32 Å². The molecule has 1 aliphatic rings. The van der Waals surface area contributed by atoms with Gasteiger partial charge in [-0.1, -0.05) is 12.5 Å². The third-order valence-electron chi connectivity index (χ3n) is 2.21. The van der Waals surface area contributed by atoms with Gasteiger partial charge in [-0.2, -0.15) is 0 Å². The molecule has 72 valence electrons. The predicted octanol–water partition coefficient (Wildman–Crippen LogP) is 2.18. The van der Waals surface area contributed by atoms with Gasteiger partial charge in [0.15, 0.2) is 5.78 Å². The largest absolute Gasteiger partial charge is 0.385 e. The van der Waals surface area contributed by atoms with Crippen LogP contribution in [0.3, 0.4) is 0 Å². The van der Waals surface area contributed by atoms with Crippen LogP contribution in [0.1, 0.15) is 33.6 Å². The van der Waals surface area contributed by atoms with Gasteiger partial charge < -0.3 is 5.32 Å². The van der Waals surface area contributed by atoms with Gasteiger partial charge in [0.1, 0.15) is 0 Å². The highest BCUT2D eigenvalue weighted by Gasteiger charge is 2.17. The number of carbonyl (C=O) groups is 1. The minimum atomic E-state index is 0.276. The minimum Gasteiger partial charge on any atom is -0.385 e. The first kappa shape index (κ1) is 10.0. The highest BCUT2D eigenvalue weighted by molar-refractivity contribution is 5.99. The summed E-state index contributed by atoms with van der Waals surface area (Å²) in [4.78, 5) is 11.6. The van der Waals surface area contributed by atoms with Crippen LogP contribution in [0.4, 0.5) is 0 Å². The monoisotopic (exact) mass is 179 g/mol. The average molecular weight is 179 g/mol. The van der Waals surface area contributed by atoms with E-state index in [4.69, 9.17) is 0 Å². The molecule has 0 aliphatic heterocycles. The van der Waals surface area contributed by atoms with Crippen molar-refractivity contribution in [1.82, 2.24) is 5.32 Å². The molecule has 2 heteroatoms. The van der Waals surface area contributed by atoms with E-state index in [0.717, 1.165) is 29.8 Å². The topological polar surface area (TPSA) is 29.1 Å². The average Bonchev–Trinajstić information content (AvgIpc) is 2.04. The molecule has 1 aliphatic carbocycles. The second-order valence-corrected chi connectivity index (χ2v) is 3.37. The van der Waals surface area contributed by atoms with Crippen molar-refractivity contribution in [2.75, 3.05) is 6.54 Å². The van der Waals surface area contributed by atoms with E-state index >= 15 is 0 Å². The molecule has 1 rings (SSSR count). The molecule has 0 aromatic rings. The molecular weight excluding hydrogens is 162 g/mol. The summed E-state index contributed by atoms with van der Waals surface area (Å²) in [5.74, 6) is 0.276. The zero-order valence-electron chi connectivity index (χ0n) is 8.61. The summed E-state index contributed by atoms with van der Waals surface area (Å²) in [7, 11) is 0. The molecule has 0 fully saturated rings. The van der Waals surface area contributed by atoms with Crippen LogP contribution >= 0.6 is 0 Å². The van der Waals surface area contributed by atoms with E-state index in [9.17, 15) is 4.79 Å². The first-order valence-electron chi connectivity index (χ1n) is 4.86. The summed E-state index contributed by atoms with van der Waals surface area (Å²) in [6.07, 6.45) is 3.51. The Morgan fingerprint density at radius 2 is 2.15 bits per heavy atom. The van der Waals surface area contributed by atoms with Crippen LogP contribution in [-0.4, -0.2) is 12.3 Å². The first-order valence-corrected chi connectivity index (χ1v) is 4.86. The van der Waals surface area contributed by atoms with E-state index in [1.165, 1.54) is 0 Å². The fraction of sp³-hybridized carbons (Fsp3) is 0.545. The fourth-order valence-electron chi connectivity index (χ4n) is 1.63. The molecule has 0 unspecified atom stereocenters. The Kier molecular flexibility index (Phi) is 3.29. The maximum absolute atomic E-state index is 11.6. The smallest absolute Gasteiger partial charge is 0.164 e. The van der Waals surface area contributed by atoms with E-state index in [0.29, 0.717) is 6.42 Å². The van der Waals surface area contributed by atoms with Crippen LogP contribution in [0.25, 0.3) is 0 Å². The molecule has 1 N–H and O–H groups in total. The molecule has 0 radical (unpaired) electrons. The van der Waals surface area contributed by atoms with Gasteiger partial charge in [0.25, 0.3) is 0 Å². The molecule has 0 aromatic heterocycles. The van der Waals surface area contributed by atoms with Gasteiger partial charge in [-0.05, 0) is 26.3 Å². The van der Waals surface area contributed by atoms with E-state index in [1.807, 2.05) is 20.8 Å². The summed E-state index contributed by atoms with van der Waals surface area (Å²) in [5.41, 5.74) is 3.13. The van der Waals surface area contributed by atoms with Crippen molar-refractivity contribution in [3.05, 3.63) is 22.9 Å². The first-order chi connectivity index (χ1) is 6.19. The Labute approximate surface area is 79.7 Å². The molecular formula is C11H17NO. The minimum absolute atomic E-state index is 0.276. The van der Waals surface area contributed by atoms with Crippen LogP contribution in [-0.2, 0) is 4.79 Å². The fourth-order valence-corrected chi connectivity index (χ4v) is 1.63. The zero-order valence-corrected chi connectivity index (χ0v) is 8.61. The third-order valence-corrected chi connectivity index (χ3v) is 2.21. The third kappa shape index (κ3) is 2.20. The number of ketones is 1. The van der Waals surface area contributed by atoms with Crippen molar-refractivity contribution >= 4 is 5.78 Å². The maximum atomic E-state index is 11.6. The van der Waals surface area contributed by atoms with Crippen molar-refractivity contribution in [2.24, 2.45) is 0 Å². The summed E-state index contributed by atoms with van der Waals surface area (Å²) >= 11 is 0. The van der Waals surface area contributed by atoms with E-state index in [2.05, 4.69) is 11.4 Å². The highest BCUT2D eigenvalue weighted by Crippen LogP contribution is 2.21. The van der Waals surface area contributed by atoms with Crippen molar-refractivity contribution in [1.29, 1.82) is 0 Å². The lowest BCUT2D eigenvalue weighted by Crippen LogP contribution is -2.20. The number of hydrogen-bond acceptors (Lipinski definition) is 2. The van der Waals surface area contributed by atoms with Gasteiger partial charge in [-0.25, -0.2) is 0 Å². The van der Waals surface area contributed by atoms with E-state index in [-0.39, 0.29) is 5.78 Å². The lowest BCUT2D eigenvalue weighted by atomic mass is 9.94. The molecule has 0 heterocycles. The number of Topliss-reactive ketones (excluding diaryl/α,β-unsaturated/α-hetero) is 1. The van der Waals surface area contributed by atoms with Crippen molar-refractivity contribution in [3.8, 4) is 0 Å². The Balaban J connectivity index is 2.97.